The zero-order valence-electron chi connectivity index (χ0n) is 29.4. The number of nitrogens with zero attached hydrogens (tertiary/aromatic N) is 3. The molecule has 3 amide bonds. The number of rotatable bonds is 13. The molecule has 4 aromatic carbocycles. The van der Waals surface area contributed by atoms with Crippen LogP contribution in [-0.4, -0.2) is 67.7 Å². The van der Waals surface area contributed by atoms with Crippen LogP contribution < -0.4 is 14.5 Å². The molecule has 0 saturated carbocycles. The largest absolute Gasteiger partial charge is 0.497 e. The number of hydrogen-bond acceptors (Lipinski definition) is 7. The van der Waals surface area contributed by atoms with Gasteiger partial charge in [0.05, 0.1) is 38.5 Å². The molecule has 11 heteroatoms. The van der Waals surface area contributed by atoms with Crippen LogP contribution in [0.2, 0.25) is 18.6 Å². The molecule has 10 nitrogen and oxygen atoms in total. The van der Waals surface area contributed by atoms with E-state index in [0.29, 0.717) is 29.2 Å². The van der Waals surface area contributed by atoms with Crippen LogP contribution in [0.25, 0.3) is 0 Å². The van der Waals surface area contributed by atoms with Crippen LogP contribution in [0.5, 0.6) is 5.75 Å². The third kappa shape index (κ3) is 6.94. The molecule has 51 heavy (non-hydrogen) atoms. The maximum absolute atomic E-state index is 15.0. The minimum Gasteiger partial charge on any atom is -0.497 e. The molecule has 4 aromatic rings. The van der Waals surface area contributed by atoms with Gasteiger partial charge < -0.3 is 29.2 Å². The predicted octanol–water partition coefficient (Wildman–Crippen LogP) is 5.75. The molecule has 2 heterocycles. The Morgan fingerprint density at radius 1 is 0.961 bits per heavy atom. The third-order valence-electron chi connectivity index (χ3n) is 10.2. The summed E-state index contributed by atoms with van der Waals surface area (Å²) < 4.78 is 12.5. The monoisotopic (exact) mass is 707 g/mol. The summed E-state index contributed by atoms with van der Waals surface area (Å²) in [5, 5.41) is 9.84. The normalized spacial score (nSPS) is 21.1. The number of ether oxygens (including phenoxy) is 2. The smallest absolute Gasteiger partial charge is 0.264 e. The Morgan fingerprint density at radius 3 is 2.27 bits per heavy atom. The number of carbonyl (C=O) groups excluding carboxylic acids is 3. The van der Waals surface area contributed by atoms with Crippen molar-refractivity contribution in [3.63, 3.8) is 0 Å². The van der Waals surface area contributed by atoms with Gasteiger partial charge in [0, 0.05) is 41.5 Å². The van der Waals surface area contributed by atoms with Crippen LogP contribution in [0.3, 0.4) is 0 Å². The molecule has 0 aromatic heterocycles. The van der Waals surface area contributed by atoms with Crippen molar-refractivity contribution in [2.24, 2.45) is 5.92 Å². The van der Waals surface area contributed by atoms with Crippen molar-refractivity contribution in [3.05, 3.63) is 120 Å². The molecule has 1 saturated heterocycles. The minimum atomic E-state index is -3.05. The average Bonchev–Trinajstić information content (AvgIpc) is 3.55. The second-order valence-corrected chi connectivity index (χ2v) is 17.8. The highest BCUT2D eigenvalue weighted by atomic mass is 28.4. The van der Waals surface area contributed by atoms with Gasteiger partial charge >= 0.3 is 0 Å². The number of anilines is 3. The van der Waals surface area contributed by atoms with Crippen molar-refractivity contribution in [2.45, 2.75) is 56.8 Å². The molecule has 0 radical (unpaired) electrons. The number of amides is 3. The lowest BCUT2D eigenvalue weighted by Gasteiger charge is -2.32. The molecule has 1 fully saturated rings. The Balaban J connectivity index is 1.35. The van der Waals surface area contributed by atoms with E-state index in [1.165, 1.54) is 0 Å². The highest BCUT2D eigenvalue weighted by Gasteiger charge is 2.66. The summed E-state index contributed by atoms with van der Waals surface area (Å²) in [5.74, 6) is -0.443. The van der Waals surface area contributed by atoms with Crippen LogP contribution in [0.4, 0.5) is 17.1 Å². The summed E-state index contributed by atoms with van der Waals surface area (Å²) in [6.07, 6.45) is -0.0469. The van der Waals surface area contributed by atoms with Crippen molar-refractivity contribution in [3.8, 4) is 5.75 Å². The number of para-hydroxylation sites is 1. The number of benzene rings is 4. The molecule has 266 valence electrons. The molecule has 2 N–H and O–H groups in total. The molecular weight excluding hydrogens is 663 g/mol. The van der Waals surface area contributed by atoms with Crippen LogP contribution >= 0.6 is 0 Å². The summed E-state index contributed by atoms with van der Waals surface area (Å²) in [6.45, 7) is 6.03. The number of carbonyl (C=O) groups is 3. The van der Waals surface area contributed by atoms with Crippen LogP contribution in [0.1, 0.15) is 30.0 Å². The molecule has 2 aliphatic heterocycles. The first-order valence-electron chi connectivity index (χ1n) is 17.2. The molecule has 1 spiro atoms. The van der Waals surface area contributed by atoms with Crippen molar-refractivity contribution in [1.82, 2.24) is 4.90 Å². The molecular formula is C40H45N3O7Si. The van der Waals surface area contributed by atoms with Gasteiger partial charge in [-0.05, 0) is 66.7 Å². The molecule has 0 aliphatic carbocycles. The summed E-state index contributed by atoms with van der Waals surface area (Å²) in [5.41, 5.74) is 2.44. The van der Waals surface area contributed by atoms with Gasteiger partial charge in [0.1, 0.15) is 5.75 Å². The zero-order valence-corrected chi connectivity index (χ0v) is 30.4. The predicted molar refractivity (Wildman–Crippen MR) is 198 cm³/mol. The number of fused-ring (bicyclic) bond motifs is 2. The summed E-state index contributed by atoms with van der Waals surface area (Å²) in [6, 6.07) is 31.9. The molecule has 0 unspecified atom stereocenters. The minimum absolute atomic E-state index is 0.0593. The van der Waals surface area contributed by atoms with Crippen molar-refractivity contribution in [1.29, 1.82) is 0 Å². The van der Waals surface area contributed by atoms with E-state index in [2.05, 4.69) is 0 Å². The lowest BCUT2D eigenvalue weighted by molar-refractivity contribution is -0.150. The quantitative estimate of drug-likeness (QED) is 0.134. The maximum Gasteiger partial charge on any atom is 0.264 e. The van der Waals surface area contributed by atoms with Gasteiger partial charge in [0.15, 0.2) is 13.9 Å². The topological polar surface area (TPSA) is 120 Å². The van der Waals surface area contributed by atoms with Crippen molar-refractivity contribution < 1.29 is 33.8 Å². The van der Waals surface area contributed by atoms with Gasteiger partial charge in [0.2, 0.25) is 12.3 Å². The Bertz CT molecular complexity index is 1870. The second-order valence-electron chi connectivity index (χ2n) is 13.8. The first kappa shape index (κ1) is 36.0. The fourth-order valence-electron chi connectivity index (χ4n) is 7.90. The van der Waals surface area contributed by atoms with Gasteiger partial charge in [-0.2, -0.15) is 0 Å². The molecule has 0 bridgehead atoms. The van der Waals surface area contributed by atoms with Crippen LogP contribution in [-0.2, 0) is 37.8 Å². The SMILES string of the molecule is COc1ccc2c(c1)[C@@]1(O[C@H](CC(=O)N(CCO)Cc3ccccc3)[C@@H]([Si](C)(C)O)[C@@H]1C)C(=O)N2Cc1cccc(N(C=O)c2ccccc2)c1. The lowest BCUT2D eigenvalue weighted by Crippen LogP contribution is -2.46. The van der Waals surface area contributed by atoms with E-state index in [1.54, 1.807) is 27.9 Å². The van der Waals surface area contributed by atoms with E-state index >= 15 is 0 Å². The number of aliphatic hydroxyl groups excluding tert-OH is 1. The Morgan fingerprint density at radius 2 is 1.63 bits per heavy atom. The standard InChI is InChI=1S/C40H45N3O7Si/c1-28-38(51(3,4)48)36(24-37(46)41(20-21-44)25-29-12-7-5-8-13-29)50-40(28)34-23-33(49-2)18-19-35(34)42(39(40)47)26-30-14-11-17-32(22-30)43(27-45)31-15-9-6-10-16-31/h5-19,22-23,27-28,36,38,44,48H,20-21,24-26H2,1-4H3/t28-,36+,38-,40+/m0/s1. The van der Waals surface area contributed by atoms with E-state index in [1.807, 2.05) is 117 Å². The van der Waals surface area contributed by atoms with Gasteiger partial charge in [-0.3, -0.25) is 19.3 Å². The second kappa shape index (κ2) is 14.8. The first-order chi connectivity index (χ1) is 24.5. The van der Waals surface area contributed by atoms with Crippen molar-refractivity contribution in [2.75, 3.05) is 30.1 Å². The third-order valence-corrected chi connectivity index (χ3v) is 12.7. The summed E-state index contributed by atoms with van der Waals surface area (Å²) in [7, 11) is -1.48. The van der Waals surface area contributed by atoms with E-state index in [-0.39, 0.29) is 37.9 Å². The Kier molecular flexibility index (Phi) is 10.5. The number of aliphatic hydroxyl groups is 1. The van der Waals surface area contributed by atoms with E-state index in [4.69, 9.17) is 9.47 Å². The van der Waals surface area contributed by atoms with E-state index < -0.39 is 31.5 Å². The van der Waals surface area contributed by atoms with Crippen molar-refractivity contribution >= 4 is 43.6 Å². The summed E-state index contributed by atoms with van der Waals surface area (Å²) in [4.78, 5) is 57.7. The van der Waals surface area contributed by atoms with Gasteiger partial charge in [0.25, 0.3) is 5.91 Å². The fraction of sp³-hybridized carbons (Fsp3) is 0.325. The summed E-state index contributed by atoms with van der Waals surface area (Å²) >= 11 is 0. The lowest BCUT2D eigenvalue weighted by atomic mass is 9.82. The highest BCUT2D eigenvalue weighted by Crippen LogP contribution is 2.60. The molecule has 6 rings (SSSR count). The highest BCUT2D eigenvalue weighted by molar-refractivity contribution is 6.71. The average molecular weight is 708 g/mol. The molecule has 2 aliphatic rings. The number of methoxy groups -OCH3 is 1. The van der Waals surface area contributed by atoms with Gasteiger partial charge in [-0.1, -0.05) is 67.6 Å². The van der Waals surface area contributed by atoms with E-state index in [9.17, 15) is 24.3 Å². The van der Waals surface area contributed by atoms with Crippen LogP contribution in [0, 0.1) is 5.92 Å². The Labute approximate surface area is 300 Å². The van der Waals surface area contributed by atoms with Crippen LogP contribution in [0.15, 0.2) is 103 Å². The van der Waals surface area contributed by atoms with Gasteiger partial charge in [-0.25, -0.2) is 0 Å². The fourth-order valence-corrected chi connectivity index (χ4v) is 10.5. The molecule has 4 atom stereocenters. The van der Waals surface area contributed by atoms with Gasteiger partial charge in [-0.15, -0.1) is 0 Å². The Hall–Kier alpha value is -4.81. The zero-order chi connectivity index (χ0) is 36.3. The number of hydrogen-bond donors (Lipinski definition) is 2. The van der Waals surface area contributed by atoms with E-state index in [0.717, 1.165) is 23.2 Å². The maximum atomic E-state index is 15.0. The first-order valence-corrected chi connectivity index (χ1v) is 20.3.